The summed E-state index contributed by atoms with van der Waals surface area (Å²) in [5.74, 6) is 0.255. The Labute approximate surface area is 142 Å². The van der Waals surface area contributed by atoms with Gasteiger partial charge in [-0.1, -0.05) is 11.6 Å². The van der Waals surface area contributed by atoms with Crippen LogP contribution >= 0.6 is 11.6 Å². The van der Waals surface area contributed by atoms with Gasteiger partial charge >= 0.3 is 0 Å². The Morgan fingerprint density at radius 3 is 3.04 bits per heavy atom. The predicted octanol–water partition coefficient (Wildman–Crippen LogP) is 2.99. The van der Waals surface area contributed by atoms with Gasteiger partial charge in [-0.15, -0.1) is 0 Å². The van der Waals surface area contributed by atoms with Gasteiger partial charge in [0.2, 0.25) is 5.91 Å². The van der Waals surface area contributed by atoms with E-state index in [-0.39, 0.29) is 11.8 Å². The van der Waals surface area contributed by atoms with Crippen LogP contribution < -0.4 is 5.32 Å². The molecule has 1 amide bonds. The lowest BCUT2D eigenvalue weighted by Crippen LogP contribution is -2.35. The summed E-state index contributed by atoms with van der Waals surface area (Å²) in [7, 11) is 4.10. The maximum atomic E-state index is 12.4. The first-order chi connectivity index (χ1) is 11.0. The number of aromatic amines is 1. The molecule has 1 heterocycles. The van der Waals surface area contributed by atoms with Crippen LogP contribution in [-0.2, 0) is 17.6 Å². The number of rotatable bonds is 5. The van der Waals surface area contributed by atoms with Crippen LogP contribution in [0.25, 0.3) is 10.9 Å². The van der Waals surface area contributed by atoms with Crippen molar-refractivity contribution in [2.45, 2.75) is 25.7 Å². The van der Waals surface area contributed by atoms with Crippen LogP contribution in [-0.4, -0.2) is 43.0 Å². The summed E-state index contributed by atoms with van der Waals surface area (Å²) in [6.07, 6.45) is 3.62. The van der Waals surface area contributed by atoms with Crippen LogP contribution in [0.4, 0.5) is 0 Å². The van der Waals surface area contributed by atoms with E-state index in [1.165, 1.54) is 11.3 Å². The van der Waals surface area contributed by atoms with Crippen molar-refractivity contribution < 1.29 is 4.79 Å². The molecule has 0 radical (unpaired) electrons. The van der Waals surface area contributed by atoms with Crippen molar-refractivity contribution in [3.63, 3.8) is 0 Å². The van der Waals surface area contributed by atoms with Crippen LogP contribution in [0.15, 0.2) is 18.2 Å². The lowest BCUT2D eigenvalue weighted by Gasteiger charge is -2.22. The van der Waals surface area contributed by atoms with E-state index in [0.29, 0.717) is 0 Å². The summed E-state index contributed by atoms with van der Waals surface area (Å²) in [5, 5.41) is 5.00. The van der Waals surface area contributed by atoms with E-state index in [1.807, 2.05) is 32.3 Å². The van der Waals surface area contributed by atoms with Crippen LogP contribution in [0.3, 0.4) is 0 Å². The van der Waals surface area contributed by atoms with E-state index in [2.05, 4.69) is 15.2 Å². The molecule has 0 bridgehead atoms. The second-order valence-corrected chi connectivity index (χ2v) is 7.10. The van der Waals surface area contributed by atoms with Gasteiger partial charge in [-0.25, -0.2) is 0 Å². The Bertz CT molecular complexity index is 708. The highest BCUT2D eigenvalue weighted by atomic mass is 35.5. The molecular formula is C18H24ClN3O. The van der Waals surface area contributed by atoms with Gasteiger partial charge < -0.3 is 15.2 Å². The summed E-state index contributed by atoms with van der Waals surface area (Å²) < 4.78 is 0. The van der Waals surface area contributed by atoms with E-state index in [9.17, 15) is 4.79 Å². The van der Waals surface area contributed by atoms with Crippen LogP contribution in [0.2, 0.25) is 5.02 Å². The number of fused-ring (bicyclic) bond motifs is 3. The minimum Gasteiger partial charge on any atom is -0.358 e. The van der Waals surface area contributed by atoms with Gasteiger partial charge in [0.1, 0.15) is 0 Å². The number of halogens is 1. The van der Waals surface area contributed by atoms with E-state index in [1.54, 1.807) is 0 Å². The number of H-pyrrole nitrogens is 1. The molecule has 0 spiro atoms. The van der Waals surface area contributed by atoms with Crippen molar-refractivity contribution >= 4 is 28.4 Å². The number of benzene rings is 1. The summed E-state index contributed by atoms with van der Waals surface area (Å²) in [6.45, 7) is 1.75. The van der Waals surface area contributed by atoms with Gasteiger partial charge in [0.05, 0.1) is 0 Å². The van der Waals surface area contributed by atoms with Crippen LogP contribution in [0.1, 0.15) is 24.1 Å². The van der Waals surface area contributed by atoms with E-state index in [0.717, 1.165) is 54.7 Å². The molecule has 1 aromatic heterocycles. The van der Waals surface area contributed by atoms with Crippen molar-refractivity contribution in [2.75, 3.05) is 27.2 Å². The number of hydrogen-bond donors (Lipinski definition) is 2. The fraction of sp³-hybridized carbons (Fsp3) is 0.500. The van der Waals surface area contributed by atoms with Crippen molar-refractivity contribution in [3.05, 3.63) is 34.5 Å². The second-order valence-electron chi connectivity index (χ2n) is 6.66. The van der Waals surface area contributed by atoms with Crippen LogP contribution in [0.5, 0.6) is 0 Å². The van der Waals surface area contributed by atoms with Gasteiger partial charge in [-0.05, 0) is 70.1 Å². The molecule has 1 atom stereocenters. The Hall–Kier alpha value is -1.52. The Morgan fingerprint density at radius 1 is 1.43 bits per heavy atom. The van der Waals surface area contributed by atoms with Crippen LogP contribution in [0, 0.1) is 5.92 Å². The molecule has 1 aliphatic rings. The maximum absolute atomic E-state index is 12.4. The minimum absolute atomic E-state index is 0.0693. The molecule has 2 aromatic rings. The SMILES string of the molecule is CN(C)CCCNC(=O)C1CCc2[nH]c3ccc(Cl)cc3c2C1. The number of carbonyl (C=O) groups excluding carboxylic acids is 1. The molecule has 0 saturated carbocycles. The Kier molecular flexibility index (Phi) is 4.93. The lowest BCUT2D eigenvalue weighted by atomic mass is 9.86. The highest BCUT2D eigenvalue weighted by Crippen LogP contribution is 2.33. The third-order valence-corrected chi connectivity index (χ3v) is 4.84. The maximum Gasteiger partial charge on any atom is 0.223 e. The predicted molar refractivity (Wildman–Crippen MR) is 95.0 cm³/mol. The largest absolute Gasteiger partial charge is 0.358 e. The Morgan fingerprint density at radius 2 is 2.26 bits per heavy atom. The zero-order valence-corrected chi connectivity index (χ0v) is 14.5. The summed E-state index contributed by atoms with van der Waals surface area (Å²) in [6, 6.07) is 5.93. The fourth-order valence-corrected chi connectivity index (χ4v) is 3.54. The van der Waals surface area contributed by atoms with Gasteiger partial charge in [-0.2, -0.15) is 0 Å². The smallest absolute Gasteiger partial charge is 0.223 e. The van der Waals surface area contributed by atoms with Gasteiger partial charge in [0.25, 0.3) is 0 Å². The highest BCUT2D eigenvalue weighted by Gasteiger charge is 2.27. The number of hydrogen-bond acceptors (Lipinski definition) is 2. The third kappa shape index (κ3) is 3.70. The van der Waals surface area contributed by atoms with E-state index >= 15 is 0 Å². The normalized spacial score (nSPS) is 17.5. The summed E-state index contributed by atoms with van der Waals surface area (Å²) >= 11 is 6.13. The first-order valence-electron chi connectivity index (χ1n) is 8.26. The van der Waals surface area contributed by atoms with Gasteiger partial charge in [0, 0.05) is 34.1 Å². The zero-order valence-electron chi connectivity index (χ0n) is 13.8. The average Bonchev–Trinajstić information content (AvgIpc) is 2.88. The second kappa shape index (κ2) is 6.93. The molecule has 1 aliphatic carbocycles. The number of nitrogens with one attached hydrogen (secondary N) is 2. The summed E-state index contributed by atoms with van der Waals surface area (Å²) in [4.78, 5) is 18.0. The van der Waals surface area contributed by atoms with E-state index < -0.39 is 0 Å². The molecule has 0 fully saturated rings. The first-order valence-corrected chi connectivity index (χ1v) is 8.64. The highest BCUT2D eigenvalue weighted by molar-refractivity contribution is 6.31. The molecule has 3 rings (SSSR count). The quantitative estimate of drug-likeness (QED) is 0.826. The van der Waals surface area contributed by atoms with Gasteiger partial charge in [0.15, 0.2) is 0 Å². The molecule has 1 aromatic carbocycles. The number of aromatic nitrogens is 1. The lowest BCUT2D eigenvalue weighted by molar-refractivity contribution is -0.125. The van der Waals surface area contributed by atoms with Crippen molar-refractivity contribution in [2.24, 2.45) is 5.92 Å². The topological polar surface area (TPSA) is 48.1 Å². The monoisotopic (exact) mass is 333 g/mol. The molecule has 23 heavy (non-hydrogen) atoms. The first kappa shape index (κ1) is 16.3. The number of nitrogens with zero attached hydrogens (tertiary/aromatic N) is 1. The zero-order chi connectivity index (χ0) is 16.4. The van der Waals surface area contributed by atoms with Gasteiger partial charge in [-0.3, -0.25) is 4.79 Å². The molecule has 5 heteroatoms. The Balaban J connectivity index is 1.66. The molecule has 0 aliphatic heterocycles. The van der Waals surface area contributed by atoms with E-state index in [4.69, 9.17) is 11.6 Å². The number of amides is 1. The standard InChI is InChI=1S/C18H24ClN3O/c1-22(2)9-3-8-20-18(23)12-4-6-16-14(10-12)15-11-13(19)5-7-17(15)21-16/h5,7,11-12,21H,3-4,6,8-10H2,1-2H3,(H,20,23). The number of carbonyl (C=O) groups is 1. The molecular weight excluding hydrogens is 310 g/mol. The summed E-state index contributed by atoms with van der Waals surface area (Å²) in [5.41, 5.74) is 3.65. The minimum atomic E-state index is 0.0693. The molecule has 2 N–H and O–H groups in total. The van der Waals surface area contributed by atoms with Crippen molar-refractivity contribution in [3.8, 4) is 0 Å². The molecule has 0 saturated heterocycles. The molecule has 1 unspecified atom stereocenters. The fourth-order valence-electron chi connectivity index (χ4n) is 3.36. The number of aryl methyl sites for hydroxylation is 1. The third-order valence-electron chi connectivity index (χ3n) is 4.60. The van der Waals surface area contributed by atoms with Crippen molar-refractivity contribution in [1.29, 1.82) is 0 Å². The average molecular weight is 334 g/mol. The molecule has 124 valence electrons. The molecule has 4 nitrogen and oxygen atoms in total. The van der Waals surface area contributed by atoms with Crippen molar-refractivity contribution in [1.82, 2.24) is 15.2 Å².